The lowest BCUT2D eigenvalue weighted by Crippen LogP contribution is -2.11. The van der Waals surface area contributed by atoms with Crippen LogP contribution in [0.5, 0.6) is 0 Å². The highest BCUT2D eigenvalue weighted by Gasteiger charge is 2.25. The zero-order chi connectivity index (χ0) is 20.4. The fourth-order valence-corrected chi connectivity index (χ4v) is 4.57. The van der Waals surface area contributed by atoms with Crippen LogP contribution in [0.25, 0.3) is 0 Å². The predicted octanol–water partition coefficient (Wildman–Crippen LogP) is 5.67. The topological polar surface area (TPSA) is 38.7 Å². The molecule has 0 radical (unpaired) electrons. The third-order valence-corrected chi connectivity index (χ3v) is 6.54. The van der Waals surface area contributed by atoms with Gasteiger partial charge in [0.1, 0.15) is 12.6 Å². The van der Waals surface area contributed by atoms with Crippen LogP contribution in [0.2, 0.25) is 0 Å². The summed E-state index contributed by atoms with van der Waals surface area (Å²) in [6.45, 7) is 7.02. The van der Waals surface area contributed by atoms with Gasteiger partial charge >= 0.3 is 0 Å². The average Bonchev–Trinajstić information content (AvgIpc) is 3.23. The average molecular weight is 404 g/mol. The number of benzene rings is 3. The van der Waals surface area contributed by atoms with Gasteiger partial charge in [0.25, 0.3) is 0 Å². The molecule has 0 bridgehead atoms. The van der Waals surface area contributed by atoms with E-state index in [1.54, 1.807) is 0 Å². The second kappa shape index (κ2) is 7.96. The molecule has 0 N–H and O–H groups in total. The van der Waals surface area contributed by atoms with Gasteiger partial charge in [-0.3, -0.25) is 0 Å². The lowest BCUT2D eigenvalue weighted by atomic mass is 9.87. The quantitative estimate of drug-likeness (QED) is 0.563. The molecule has 3 aromatic rings. The lowest BCUT2D eigenvalue weighted by molar-refractivity contribution is 0.319. The summed E-state index contributed by atoms with van der Waals surface area (Å²) in [5, 5.41) is 0. The van der Waals surface area contributed by atoms with E-state index in [0.29, 0.717) is 12.5 Å². The summed E-state index contributed by atoms with van der Waals surface area (Å²) in [5.41, 5.74) is 3.21. The maximum Gasteiger partial charge on any atom is 0.218 e. The van der Waals surface area contributed by atoms with E-state index in [9.17, 15) is 4.21 Å². The van der Waals surface area contributed by atoms with Crippen LogP contribution in [0.4, 0.5) is 0 Å². The number of hydrogen-bond donors (Lipinski definition) is 0. The second-order valence-corrected chi connectivity index (χ2v) is 9.66. The first-order valence-electron chi connectivity index (χ1n) is 9.81. The Balaban J connectivity index is 1.64. The first-order valence-corrected chi connectivity index (χ1v) is 11.0. The van der Waals surface area contributed by atoms with Crippen molar-refractivity contribution in [2.24, 2.45) is 4.99 Å². The molecule has 1 aliphatic heterocycles. The Morgan fingerprint density at radius 3 is 2.24 bits per heavy atom. The van der Waals surface area contributed by atoms with Crippen molar-refractivity contribution in [3.8, 4) is 0 Å². The molecular formula is C25H25NO2S. The molecule has 1 aliphatic rings. The van der Waals surface area contributed by atoms with Gasteiger partial charge in [-0.15, -0.1) is 0 Å². The van der Waals surface area contributed by atoms with Gasteiger partial charge in [-0.1, -0.05) is 75.4 Å². The van der Waals surface area contributed by atoms with Crippen LogP contribution in [0.15, 0.2) is 93.6 Å². The van der Waals surface area contributed by atoms with Crippen LogP contribution < -0.4 is 0 Å². The largest absolute Gasteiger partial charge is 0.475 e. The molecule has 29 heavy (non-hydrogen) atoms. The van der Waals surface area contributed by atoms with Gasteiger partial charge in [0, 0.05) is 4.90 Å². The van der Waals surface area contributed by atoms with E-state index in [1.165, 1.54) is 5.56 Å². The highest BCUT2D eigenvalue weighted by molar-refractivity contribution is 7.85. The summed E-state index contributed by atoms with van der Waals surface area (Å²) in [5.74, 6) is 0.564. The molecule has 0 aromatic heterocycles. The minimum atomic E-state index is -1.31. The van der Waals surface area contributed by atoms with Crippen LogP contribution in [-0.2, 0) is 21.0 Å². The van der Waals surface area contributed by atoms with E-state index in [4.69, 9.17) is 9.73 Å². The summed E-state index contributed by atoms with van der Waals surface area (Å²) >= 11 is 0. The minimum Gasteiger partial charge on any atom is -0.475 e. The molecular weight excluding hydrogens is 378 g/mol. The van der Waals surface area contributed by atoms with E-state index in [-0.39, 0.29) is 11.5 Å². The van der Waals surface area contributed by atoms with Crippen molar-refractivity contribution >= 4 is 16.7 Å². The van der Waals surface area contributed by atoms with Crippen LogP contribution >= 0.6 is 0 Å². The summed E-state index contributed by atoms with van der Waals surface area (Å²) in [6.07, 6.45) is 0. The summed E-state index contributed by atoms with van der Waals surface area (Å²) < 4.78 is 19.2. The Morgan fingerprint density at radius 2 is 1.55 bits per heavy atom. The van der Waals surface area contributed by atoms with E-state index < -0.39 is 10.8 Å². The van der Waals surface area contributed by atoms with Gasteiger partial charge in [-0.2, -0.15) is 0 Å². The molecule has 3 nitrogen and oxygen atoms in total. The van der Waals surface area contributed by atoms with Crippen molar-refractivity contribution in [3.05, 3.63) is 95.6 Å². The molecule has 0 saturated heterocycles. The molecule has 0 aliphatic carbocycles. The molecule has 2 atom stereocenters. The van der Waals surface area contributed by atoms with Gasteiger partial charge in [0.2, 0.25) is 5.90 Å². The van der Waals surface area contributed by atoms with E-state index in [2.05, 4.69) is 45.0 Å². The monoisotopic (exact) mass is 403 g/mol. The standard InChI is InChI=1S/C25H25NO2S/c1-25(2,3)19-13-15-20(16-14-19)29(27)23-12-8-7-11-21(23)24-26-22(17-28-24)18-9-5-4-6-10-18/h4-16,22H,17H2,1-3H3. The van der Waals surface area contributed by atoms with Crippen LogP contribution in [0.3, 0.4) is 0 Å². The molecule has 4 rings (SSSR count). The molecule has 3 aromatic carbocycles. The smallest absolute Gasteiger partial charge is 0.218 e. The Kier molecular flexibility index (Phi) is 5.37. The Hall–Kier alpha value is -2.72. The Morgan fingerprint density at radius 1 is 0.897 bits per heavy atom. The summed E-state index contributed by atoms with van der Waals surface area (Å²) in [6, 6.07) is 25.8. The number of aliphatic imine (C=N–C) groups is 1. The number of ether oxygens (including phenoxy) is 1. The second-order valence-electron chi connectivity index (χ2n) is 8.21. The third kappa shape index (κ3) is 4.18. The van der Waals surface area contributed by atoms with Crippen molar-refractivity contribution in [1.82, 2.24) is 0 Å². The molecule has 1 heterocycles. The first kappa shape index (κ1) is 19.6. The van der Waals surface area contributed by atoms with Gasteiger partial charge in [0.15, 0.2) is 0 Å². The summed E-state index contributed by atoms with van der Waals surface area (Å²) in [4.78, 5) is 6.28. The zero-order valence-electron chi connectivity index (χ0n) is 17.0. The Bertz CT molecular complexity index is 1050. The maximum atomic E-state index is 13.3. The van der Waals surface area contributed by atoms with E-state index >= 15 is 0 Å². The van der Waals surface area contributed by atoms with Crippen molar-refractivity contribution in [3.63, 3.8) is 0 Å². The molecule has 148 valence electrons. The van der Waals surface area contributed by atoms with Crippen molar-refractivity contribution < 1.29 is 8.95 Å². The maximum absolute atomic E-state index is 13.3. The molecule has 0 spiro atoms. The normalized spacial score (nSPS) is 17.5. The third-order valence-electron chi connectivity index (χ3n) is 5.09. The Labute approximate surface area is 174 Å². The van der Waals surface area contributed by atoms with Crippen LogP contribution in [0, 0.1) is 0 Å². The number of rotatable bonds is 4. The molecule has 2 unspecified atom stereocenters. The SMILES string of the molecule is CC(C)(C)c1ccc(S(=O)c2ccccc2C2=NC(c3ccccc3)CO2)cc1. The highest BCUT2D eigenvalue weighted by atomic mass is 32.2. The number of nitrogens with zero attached hydrogens (tertiary/aromatic N) is 1. The number of hydrogen-bond acceptors (Lipinski definition) is 3. The van der Waals surface area contributed by atoms with Gasteiger partial charge in [-0.05, 0) is 40.8 Å². The van der Waals surface area contributed by atoms with Gasteiger partial charge in [-0.25, -0.2) is 9.20 Å². The van der Waals surface area contributed by atoms with Crippen molar-refractivity contribution in [1.29, 1.82) is 0 Å². The van der Waals surface area contributed by atoms with E-state index in [1.807, 2.05) is 54.6 Å². The van der Waals surface area contributed by atoms with E-state index in [0.717, 1.165) is 20.9 Å². The van der Waals surface area contributed by atoms with Gasteiger partial charge < -0.3 is 4.74 Å². The summed E-state index contributed by atoms with van der Waals surface area (Å²) in [7, 11) is -1.31. The van der Waals surface area contributed by atoms with Gasteiger partial charge in [0.05, 0.1) is 21.3 Å². The fourth-order valence-electron chi connectivity index (χ4n) is 3.38. The zero-order valence-corrected chi connectivity index (χ0v) is 17.8. The fraction of sp³-hybridized carbons (Fsp3) is 0.240. The predicted molar refractivity (Wildman–Crippen MR) is 118 cm³/mol. The molecule has 0 fully saturated rings. The van der Waals surface area contributed by atoms with Crippen LogP contribution in [0.1, 0.15) is 43.5 Å². The van der Waals surface area contributed by atoms with Crippen LogP contribution in [-0.4, -0.2) is 16.7 Å². The minimum absolute atomic E-state index is 0.0289. The molecule has 0 amide bonds. The molecule has 0 saturated carbocycles. The highest BCUT2D eigenvalue weighted by Crippen LogP contribution is 2.29. The van der Waals surface area contributed by atoms with Crippen molar-refractivity contribution in [2.45, 2.75) is 42.0 Å². The van der Waals surface area contributed by atoms with Crippen molar-refractivity contribution in [2.75, 3.05) is 6.61 Å². The lowest BCUT2D eigenvalue weighted by Gasteiger charge is -2.19. The molecule has 4 heteroatoms. The first-order chi connectivity index (χ1) is 13.9.